The Balaban J connectivity index is 2.10. The van der Waals surface area contributed by atoms with Crippen LogP contribution in [0.4, 0.5) is 4.39 Å². The van der Waals surface area contributed by atoms with Crippen LogP contribution in [-0.4, -0.2) is 40.4 Å². The maximum absolute atomic E-state index is 13.1. The number of aromatic hydroxyl groups is 1. The molecule has 0 aliphatic heterocycles. The topological polar surface area (TPSA) is 110 Å². The zero-order chi connectivity index (χ0) is 22.4. The number of carbonyl (C=O) groups is 2. The van der Waals surface area contributed by atoms with E-state index < -0.39 is 18.0 Å². The summed E-state index contributed by atoms with van der Waals surface area (Å²) in [6.45, 7) is 5.60. The zero-order valence-corrected chi connectivity index (χ0v) is 17.7. The summed E-state index contributed by atoms with van der Waals surface area (Å²) >= 11 is 0. The van der Waals surface area contributed by atoms with Gasteiger partial charge in [0.2, 0.25) is 11.8 Å². The highest BCUT2D eigenvalue weighted by Gasteiger charge is 2.28. The fourth-order valence-electron chi connectivity index (χ4n) is 3.57. The Morgan fingerprint density at radius 3 is 2.23 bits per heavy atom. The van der Waals surface area contributed by atoms with E-state index in [1.807, 2.05) is 13.8 Å². The molecule has 0 radical (unpaired) electrons. The van der Waals surface area contributed by atoms with E-state index in [1.165, 1.54) is 17.0 Å². The zero-order valence-electron chi connectivity index (χ0n) is 17.7. The first-order valence-corrected chi connectivity index (χ1v) is 9.99. The molecule has 0 aromatic heterocycles. The standard InChI is InChI=1S/C23H30FN3O3/c1-14-11-19(28)12-15(2)20(14)13-21(25)23(30)27(16(3)22(26)29)10-4-5-17-6-8-18(24)9-7-17/h6-9,11-12,16,21,28H,4-5,10,13,25H2,1-3H3,(H2,26,29)/t16-,21?/m1/s1. The quantitative estimate of drug-likeness (QED) is 0.584. The van der Waals surface area contributed by atoms with E-state index in [4.69, 9.17) is 11.5 Å². The number of rotatable bonds is 9. The molecule has 0 aliphatic rings. The number of aryl methyl sites for hydroxylation is 3. The molecular weight excluding hydrogens is 385 g/mol. The Morgan fingerprint density at radius 1 is 1.13 bits per heavy atom. The molecule has 2 amide bonds. The number of halogens is 1. The first-order chi connectivity index (χ1) is 14.1. The highest BCUT2D eigenvalue weighted by Crippen LogP contribution is 2.22. The molecular formula is C23H30FN3O3. The smallest absolute Gasteiger partial charge is 0.240 e. The van der Waals surface area contributed by atoms with Crippen LogP contribution in [0, 0.1) is 19.7 Å². The van der Waals surface area contributed by atoms with Gasteiger partial charge in [-0.2, -0.15) is 0 Å². The number of benzene rings is 2. The van der Waals surface area contributed by atoms with Crippen molar-refractivity contribution in [1.29, 1.82) is 0 Å². The normalized spacial score (nSPS) is 13.0. The number of hydrogen-bond acceptors (Lipinski definition) is 4. The number of phenols is 1. The van der Waals surface area contributed by atoms with Crippen LogP contribution < -0.4 is 11.5 Å². The molecule has 2 rings (SSSR count). The lowest BCUT2D eigenvalue weighted by molar-refractivity contribution is -0.139. The summed E-state index contributed by atoms with van der Waals surface area (Å²) in [7, 11) is 0. The summed E-state index contributed by atoms with van der Waals surface area (Å²) in [6, 6.07) is 7.80. The second-order valence-electron chi connectivity index (χ2n) is 7.71. The molecule has 162 valence electrons. The summed E-state index contributed by atoms with van der Waals surface area (Å²) < 4.78 is 13.1. The molecule has 0 saturated heterocycles. The lowest BCUT2D eigenvalue weighted by Gasteiger charge is -2.30. The maximum atomic E-state index is 13.1. The highest BCUT2D eigenvalue weighted by molar-refractivity contribution is 5.89. The molecule has 0 bridgehead atoms. The van der Waals surface area contributed by atoms with Crippen LogP contribution in [0.25, 0.3) is 0 Å². The van der Waals surface area contributed by atoms with Gasteiger partial charge in [0.1, 0.15) is 17.6 Å². The maximum Gasteiger partial charge on any atom is 0.240 e. The fraction of sp³-hybridized carbons (Fsp3) is 0.391. The minimum absolute atomic E-state index is 0.165. The van der Waals surface area contributed by atoms with Gasteiger partial charge in [-0.15, -0.1) is 0 Å². The van der Waals surface area contributed by atoms with Crippen molar-refractivity contribution in [2.45, 2.75) is 52.1 Å². The fourth-order valence-corrected chi connectivity index (χ4v) is 3.57. The molecule has 7 heteroatoms. The van der Waals surface area contributed by atoms with Crippen LogP contribution in [0.1, 0.15) is 35.6 Å². The minimum atomic E-state index is -0.848. The van der Waals surface area contributed by atoms with Gasteiger partial charge in [-0.3, -0.25) is 9.59 Å². The molecule has 0 aliphatic carbocycles. The van der Waals surface area contributed by atoms with Crippen LogP contribution in [0.3, 0.4) is 0 Å². The average molecular weight is 416 g/mol. The molecule has 30 heavy (non-hydrogen) atoms. The largest absolute Gasteiger partial charge is 0.508 e. The van der Waals surface area contributed by atoms with Crippen LogP contribution in [0.15, 0.2) is 36.4 Å². The third-order valence-electron chi connectivity index (χ3n) is 5.36. The predicted molar refractivity (Wildman–Crippen MR) is 114 cm³/mol. The van der Waals surface area contributed by atoms with Gasteiger partial charge in [-0.05, 0) is 86.6 Å². The highest BCUT2D eigenvalue weighted by atomic mass is 19.1. The van der Waals surface area contributed by atoms with Gasteiger partial charge in [-0.25, -0.2) is 4.39 Å². The van der Waals surface area contributed by atoms with E-state index in [9.17, 15) is 19.1 Å². The number of primary amides is 1. The van der Waals surface area contributed by atoms with E-state index in [1.54, 1.807) is 31.2 Å². The molecule has 2 atom stereocenters. The van der Waals surface area contributed by atoms with E-state index >= 15 is 0 Å². The second kappa shape index (κ2) is 10.2. The molecule has 0 heterocycles. The summed E-state index contributed by atoms with van der Waals surface area (Å²) in [5.74, 6) is -1.09. The van der Waals surface area contributed by atoms with E-state index in [2.05, 4.69) is 0 Å². The molecule has 0 fully saturated rings. The predicted octanol–water partition coefficient (Wildman–Crippen LogP) is 2.35. The summed E-state index contributed by atoms with van der Waals surface area (Å²) in [5.41, 5.74) is 15.2. The van der Waals surface area contributed by atoms with Gasteiger partial charge in [0.25, 0.3) is 0 Å². The summed E-state index contributed by atoms with van der Waals surface area (Å²) in [5, 5.41) is 9.71. The van der Waals surface area contributed by atoms with Crippen LogP contribution in [-0.2, 0) is 22.4 Å². The minimum Gasteiger partial charge on any atom is -0.508 e. The number of amides is 2. The van der Waals surface area contributed by atoms with Crippen molar-refractivity contribution in [2.75, 3.05) is 6.54 Å². The van der Waals surface area contributed by atoms with Crippen molar-refractivity contribution in [3.63, 3.8) is 0 Å². The van der Waals surface area contributed by atoms with Gasteiger partial charge in [0.05, 0.1) is 6.04 Å². The van der Waals surface area contributed by atoms with E-state index in [0.29, 0.717) is 19.4 Å². The lowest BCUT2D eigenvalue weighted by Crippen LogP contribution is -2.53. The third kappa shape index (κ3) is 6.03. The van der Waals surface area contributed by atoms with Crippen LogP contribution in [0.5, 0.6) is 5.75 Å². The Kier molecular flexibility index (Phi) is 7.94. The Labute approximate surface area is 176 Å². The molecule has 0 saturated carbocycles. The monoisotopic (exact) mass is 415 g/mol. The third-order valence-corrected chi connectivity index (χ3v) is 5.36. The second-order valence-corrected chi connectivity index (χ2v) is 7.71. The molecule has 0 spiro atoms. The first-order valence-electron chi connectivity index (χ1n) is 9.99. The van der Waals surface area contributed by atoms with Crippen molar-refractivity contribution in [3.8, 4) is 5.75 Å². The average Bonchev–Trinajstić information content (AvgIpc) is 2.68. The molecule has 2 aromatic carbocycles. The summed E-state index contributed by atoms with van der Waals surface area (Å²) in [6.07, 6.45) is 1.50. The first kappa shape index (κ1) is 23.3. The van der Waals surface area contributed by atoms with Gasteiger partial charge in [-0.1, -0.05) is 12.1 Å². The molecule has 6 nitrogen and oxygen atoms in total. The Hall–Kier alpha value is -2.93. The Morgan fingerprint density at radius 2 is 1.70 bits per heavy atom. The van der Waals surface area contributed by atoms with Crippen molar-refractivity contribution >= 4 is 11.8 Å². The number of hydrogen-bond donors (Lipinski definition) is 3. The number of nitrogens with two attached hydrogens (primary N) is 2. The SMILES string of the molecule is Cc1cc(O)cc(C)c1CC(N)C(=O)N(CCCc1ccc(F)cc1)[C@H](C)C(N)=O. The Bertz CT molecular complexity index is 876. The number of nitrogens with zero attached hydrogens (tertiary/aromatic N) is 1. The van der Waals surface area contributed by atoms with Gasteiger partial charge < -0.3 is 21.5 Å². The van der Waals surface area contributed by atoms with Crippen molar-refractivity contribution in [3.05, 3.63) is 64.5 Å². The molecule has 5 N–H and O–H groups in total. The molecule has 2 aromatic rings. The van der Waals surface area contributed by atoms with Gasteiger partial charge in [0.15, 0.2) is 0 Å². The van der Waals surface area contributed by atoms with Gasteiger partial charge in [0, 0.05) is 6.54 Å². The van der Waals surface area contributed by atoms with E-state index in [0.717, 1.165) is 22.3 Å². The number of carbonyl (C=O) groups excluding carboxylic acids is 2. The van der Waals surface area contributed by atoms with Gasteiger partial charge >= 0.3 is 0 Å². The summed E-state index contributed by atoms with van der Waals surface area (Å²) in [4.78, 5) is 26.2. The van der Waals surface area contributed by atoms with Crippen LogP contribution in [0.2, 0.25) is 0 Å². The van der Waals surface area contributed by atoms with Crippen LogP contribution >= 0.6 is 0 Å². The van der Waals surface area contributed by atoms with Crippen molar-refractivity contribution < 1.29 is 19.1 Å². The lowest BCUT2D eigenvalue weighted by atomic mass is 9.95. The van der Waals surface area contributed by atoms with Crippen molar-refractivity contribution in [1.82, 2.24) is 4.90 Å². The molecule has 1 unspecified atom stereocenters. The van der Waals surface area contributed by atoms with E-state index in [-0.39, 0.29) is 23.9 Å². The van der Waals surface area contributed by atoms with Crippen molar-refractivity contribution in [2.24, 2.45) is 11.5 Å². The number of phenolic OH excluding ortho intramolecular Hbond substituents is 1.